The number of carbonyl (C=O) groups excluding carboxylic acids is 1. The van der Waals surface area contributed by atoms with Gasteiger partial charge in [0, 0.05) is 6.54 Å². The van der Waals surface area contributed by atoms with Crippen molar-refractivity contribution in [3.8, 4) is 0 Å². The Kier molecular flexibility index (Phi) is 6.91. The Morgan fingerprint density at radius 2 is 1.96 bits per heavy atom. The summed E-state index contributed by atoms with van der Waals surface area (Å²) in [4.78, 5) is 19.4. The number of unbranched alkanes of at least 4 members (excludes halogenated alkanes) is 4. The summed E-state index contributed by atoms with van der Waals surface area (Å²) in [6.07, 6.45) is 8.03. The summed E-state index contributed by atoms with van der Waals surface area (Å²) in [5.74, 6) is 0.499. The number of anilines is 1. The van der Waals surface area contributed by atoms with Crippen LogP contribution in [-0.4, -0.2) is 22.5 Å². The number of carbonyl (C=O) groups is 1. The first-order valence-corrected chi connectivity index (χ1v) is 8.76. The third-order valence-corrected chi connectivity index (χ3v) is 3.91. The summed E-state index contributed by atoms with van der Waals surface area (Å²) in [5, 5.41) is 5.63. The van der Waals surface area contributed by atoms with Gasteiger partial charge >= 0.3 is 6.03 Å². The number of fused-ring (bicyclic) bond motifs is 1. The lowest BCUT2D eigenvalue weighted by Gasteiger charge is -2.04. The van der Waals surface area contributed by atoms with Gasteiger partial charge in [0.05, 0.1) is 11.0 Å². The van der Waals surface area contributed by atoms with Crippen molar-refractivity contribution in [1.29, 1.82) is 0 Å². The quantitative estimate of drug-likeness (QED) is 0.591. The molecular weight excluding hydrogens is 288 g/mol. The Balaban J connectivity index is 1.86. The van der Waals surface area contributed by atoms with E-state index in [0.29, 0.717) is 12.5 Å². The molecule has 0 atom stereocenters. The Labute approximate surface area is 138 Å². The van der Waals surface area contributed by atoms with Gasteiger partial charge in [0.25, 0.3) is 0 Å². The van der Waals surface area contributed by atoms with E-state index in [2.05, 4.69) is 46.6 Å². The van der Waals surface area contributed by atoms with Crippen molar-refractivity contribution in [2.24, 2.45) is 0 Å². The molecule has 126 valence electrons. The first kappa shape index (κ1) is 17.3. The van der Waals surface area contributed by atoms with Crippen molar-refractivity contribution in [2.45, 2.75) is 58.8 Å². The molecule has 0 radical (unpaired) electrons. The lowest BCUT2D eigenvalue weighted by atomic mass is 10.1. The molecule has 0 fully saturated rings. The van der Waals surface area contributed by atoms with Crippen LogP contribution in [0.25, 0.3) is 11.0 Å². The normalized spacial score (nSPS) is 10.9. The third kappa shape index (κ3) is 5.58. The molecule has 0 saturated heterocycles. The number of imidazole rings is 1. The average molecular weight is 316 g/mol. The lowest BCUT2D eigenvalue weighted by molar-refractivity contribution is 0.251. The number of hydrogen-bond acceptors (Lipinski definition) is 2. The average Bonchev–Trinajstić information content (AvgIpc) is 2.94. The molecule has 1 heterocycles. The highest BCUT2D eigenvalue weighted by molar-refractivity contribution is 5.89. The molecule has 23 heavy (non-hydrogen) atoms. The van der Waals surface area contributed by atoms with Gasteiger partial charge in [-0.15, -0.1) is 0 Å². The largest absolute Gasteiger partial charge is 0.338 e. The van der Waals surface area contributed by atoms with Crippen molar-refractivity contribution >= 4 is 23.0 Å². The molecule has 2 aromatic rings. The van der Waals surface area contributed by atoms with Gasteiger partial charge in [0.2, 0.25) is 5.95 Å². The number of H-pyrrole nitrogens is 1. The zero-order valence-corrected chi connectivity index (χ0v) is 14.2. The molecule has 1 aromatic carbocycles. The van der Waals surface area contributed by atoms with E-state index < -0.39 is 0 Å². The number of urea groups is 1. The number of benzene rings is 1. The predicted molar refractivity (Wildman–Crippen MR) is 95.9 cm³/mol. The fourth-order valence-corrected chi connectivity index (χ4v) is 2.56. The van der Waals surface area contributed by atoms with Gasteiger partial charge in [-0.3, -0.25) is 5.32 Å². The van der Waals surface area contributed by atoms with Gasteiger partial charge in [0.1, 0.15) is 0 Å². The van der Waals surface area contributed by atoms with Crippen LogP contribution in [0.1, 0.15) is 57.9 Å². The maximum atomic E-state index is 11.8. The van der Waals surface area contributed by atoms with Crippen LogP contribution in [0.3, 0.4) is 0 Å². The van der Waals surface area contributed by atoms with Gasteiger partial charge in [-0.05, 0) is 37.0 Å². The lowest BCUT2D eigenvalue weighted by Crippen LogP contribution is -2.29. The molecule has 0 unspecified atom stereocenters. The fourth-order valence-electron chi connectivity index (χ4n) is 2.56. The summed E-state index contributed by atoms with van der Waals surface area (Å²) < 4.78 is 0. The molecule has 2 rings (SSSR count). The molecule has 0 aliphatic heterocycles. The SMILES string of the molecule is CCCCCCNC(=O)Nc1nc2ccc(CCCC)cc2[nH]1. The Morgan fingerprint density at radius 3 is 2.74 bits per heavy atom. The zero-order valence-electron chi connectivity index (χ0n) is 14.2. The summed E-state index contributed by atoms with van der Waals surface area (Å²) >= 11 is 0. The Morgan fingerprint density at radius 1 is 1.13 bits per heavy atom. The molecule has 5 nitrogen and oxygen atoms in total. The number of nitrogens with one attached hydrogen (secondary N) is 3. The zero-order chi connectivity index (χ0) is 16.5. The van der Waals surface area contributed by atoms with E-state index in [9.17, 15) is 4.79 Å². The Hall–Kier alpha value is -2.04. The first-order valence-electron chi connectivity index (χ1n) is 8.76. The molecule has 0 spiro atoms. The van der Waals surface area contributed by atoms with E-state index in [1.807, 2.05) is 6.07 Å². The van der Waals surface area contributed by atoms with Crippen LogP contribution in [0.15, 0.2) is 18.2 Å². The first-order chi connectivity index (χ1) is 11.2. The van der Waals surface area contributed by atoms with Crippen molar-refractivity contribution in [3.05, 3.63) is 23.8 Å². The smallest absolute Gasteiger partial charge is 0.321 e. The predicted octanol–water partition coefficient (Wildman–Crippen LogP) is 4.61. The van der Waals surface area contributed by atoms with Crippen LogP contribution in [0, 0.1) is 0 Å². The van der Waals surface area contributed by atoms with E-state index in [4.69, 9.17) is 0 Å². The topological polar surface area (TPSA) is 69.8 Å². The van der Waals surface area contributed by atoms with E-state index >= 15 is 0 Å². The minimum Gasteiger partial charge on any atom is -0.338 e. The molecular formula is C18H28N4O. The van der Waals surface area contributed by atoms with E-state index in [1.54, 1.807) is 0 Å². The minimum atomic E-state index is -0.202. The second-order valence-electron chi connectivity index (χ2n) is 5.98. The summed E-state index contributed by atoms with van der Waals surface area (Å²) in [6.45, 7) is 5.07. The van der Waals surface area contributed by atoms with Crippen LogP contribution in [0.5, 0.6) is 0 Å². The van der Waals surface area contributed by atoms with Crippen LogP contribution >= 0.6 is 0 Å². The Bertz CT molecular complexity index is 621. The van der Waals surface area contributed by atoms with Gasteiger partial charge in [-0.1, -0.05) is 45.6 Å². The number of aromatic nitrogens is 2. The summed E-state index contributed by atoms with van der Waals surface area (Å²) in [5.41, 5.74) is 3.15. The number of rotatable bonds is 9. The molecule has 0 saturated carbocycles. The molecule has 0 aliphatic rings. The molecule has 0 bridgehead atoms. The second-order valence-corrected chi connectivity index (χ2v) is 5.98. The highest BCUT2D eigenvalue weighted by Gasteiger charge is 2.07. The highest BCUT2D eigenvalue weighted by Crippen LogP contribution is 2.17. The van der Waals surface area contributed by atoms with Gasteiger partial charge in [-0.25, -0.2) is 9.78 Å². The molecule has 2 amide bonds. The number of aromatic amines is 1. The second kappa shape index (κ2) is 9.18. The number of nitrogens with zero attached hydrogens (tertiary/aromatic N) is 1. The van der Waals surface area contributed by atoms with E-state index in [1.165, 1.54) is 31.2 Å². The highest BCUT2D eigenvalue weighted by atomic mass is 16.2. The standard InChI is InChI=1S/C18H28N4O/c1-3-5-7-8-12-19-18(23)22-17-20-15-11-10-14(9-6-4-2)13-16(15)21-17/h10-11,13H,3-9,12H2,1-2H3,(H3,19,20,21,22,23). The molecule has 0 aliphatic carbocycles. The minimum absolute atomic E-state index is 0.202. The van der Waals surface area contributed by atoms with Crippen molar-refractivity contribution < 1.29 is 4.79 Å². The molecule has 5 heteroatoms. The van der Waals surface area contributed by atoms with Crippen molar-refractivity contribution in [3.63, 3.8) is 0 Å². The van der Waals surface area contributed by atoms with Crippen molar-refractivity contribution in [2.75, 3.05) is 11.9 Å². The van der Waals surface area contributed by atoms with E-state index in [0.717, 1.165) is 30.3 Å². The van der Waals surface area contributed by atoms with E-state index in [-0.39, 0.29) is 6.03 Å². The number of amides is 2. The summed E-state index contributed by atoms with van der Waals surface area (Å²) in [7, 11) is 0. The number of hydrogen-bond donors (Lipinski definition) is 3. The van der Waals surface area contributed by atoms with Gasteiger partial charge in [0.15, 0.2) is 0 Å². The molecule has 1 aromatic heterocycles. The van der Waals surface area contributed by atoms with Crippen LogP contribution in [-0.2, 0) is 6.42 Å². The summed E-state index contributed by atoms with van der Waals surface area (Å²) in [6, 6.07) is 6.03. The fraction of sp³-hybridized carbons (Fsp3) is 0.556. The number of aryl methyl sites for hydroxylation is 1. The van der Waals surface area contributed by atoms with Gasteiger partial charge in [-0.2, -0.15) is 0 Å². The van der Waals surface area contributed by atoms with Crippen LogP contribution in [0.4, 0.5) is 10.7 Å². The van der Waals surface area contributed by atoms with Crippen LogP contribution in [0.2, 0.25) is 0 Å². The maximum absolute atomic E-state index is 11.8. The van der Waals surface area contributed by atoms with Gasteiger partial charge < -0.3 is 10.3 Å². The monoisotopic (exact) mass is 316 g/mol. The van der Waals surface area contributed by atoms with Crippen molar-refractivity contribution in [1.82, 2.24) is 15.3 Å². The van der Waals surface area contributed by atoms with Crippen LogP contribution < -0.4 is 10.6 Å². The molecule has 3 N–H and O–H groups in total. The maximum Gasteiger partial charge on any atom is 0.321 e. The third-order valence-electron chi connectivity index (χ3n) is 3.91.